The van der Waals surface area contributed by atoms with Crippen LogP contribution in [-0.2, 0) is 13.0 Å². The van der Waals surface area contributed by atoms with E-state index in [9.17, 15) is 0 Å². The number of fused-ring (bicyclic) bond motifs is 1. The molecule has 1 aliphatic rings. The van der Waals surface area contributed by atoms with Crippen molar-refractivity contribution in [2.45, 2.75) is 31.8 Å². The molecule has 1 atom stereocenters. The van der Waals surface area contributed by atoms with Gasteiger partial charge in [-0.2, -0.15) is 5.10 Å². The van der Waals surface area contributed by atoms with Gasteiger partial charge in [-0.3, -0.25) is 4.68 Å². The molecule has 3 rings (SSSR count). The van der Waals surface area contributed by atoms with Gasteiger partial charge in [-0.15, -0.1) is 11.3 Å². The first-order chi connectivity index (χ1) is 8.83. The minimum Gasteiger partial charge on any atom is -0.308 e. The molecule has 0 bridgehead atoms. The van der Waals surface area contributed by atoms with Crippen LogP contribution in [0.15, 0.2) is 24.5 Å². The van der Waals surface area contributed by atoms with Crippen LogP contribution < -0.4 is 5.32 Å². The van der Waals surface area contributed by atoms with E-state index < -0.39 is 0 Å². The van der Waals surface area contributed by atoms with Gasteiger partial charge in [0.05, 0.1) is 9.43 Å². The number of aryl methyl sites for hydroxylation is 1. The summed E-state index contributed by atoms with van der Waals surface area (Å²) in [5.74, 6) is 0. The molecule has 18 heavy (non-hydrogen) atoms. The quantitative estimate of drug-likeness (QED) is 0.835. The van der Waals surface area contributed by atoms with Crippen LogP contribution in [0.1, 0.15) is 29.3 Å². The Kier molecular flexibility index (Phi) is 4.00. The van der Waals surface area contributed by atoms with Crippen LogP contribution >= 0.6 is 33.9 Å². The molecule has 2 aromatic rings. The minimum absolute atomic E-state index is 0.545. The highest BCUT2D eigenvalue weighted by Crippen LogP contribution is 2.36. The van der Waals surface area contributed by atoms with Crippen LogP contribution in [0.25, 0.3) is 0 Å². The van der Waals surface area contributed by atoms with Crippen molar-refractivity contribution >= 4 is 33.9 Å². The number of halogens is 1. The van der Waals surface area contributed by atoms with Crippen LogP contribution in [0, 0.1) is 2.88 Å². The number of hydrogen-bond donors (Lipinski definition) is 1. The number of nitrogens with one attached hydrogen (secondary N) is 1. The Balaban J connectivity index is 1.60. The summed E-state index contributed by atoms with van der Waals surface area (Å²) in [4.78, 5) is 1.59. The molecule has 2 heterocycles. The van der Waals surface area contributed by atoms with E-state index in [1.807, 2.05) is 34.5 Å². The van der Waals surface area contributed by atoms with Gasteiger partial charge >= 0.3 is 0 Å². The fraction of sp³-hybridized carbons (Fsp3) is 0.462. The highest BCUT2D eigenvalue weighted by Gasteiger charge is 2.21. The molecular formula is C13H16IN3S. The third-order valence-corrected chi connectivity index (χ3v) is 5.35. The molecule has 0 amide bonds. The van der Waals surface area contributed by atoms with E-state index >= 15 is 0 Å². The predicted molar refractivity (Wildman–Crippen MR) is 82.9 cm³/mol. The lowest BCUT2D eigenvalue weighted by atomic mass is 9.94. The fourth-order valence-electron chi connectivity index (χ4n) is 2.52. The zero-order valence-corrected chi connectivity index (χ0v) is 13.1. The number of aromatic nitrogens is 2. The van der Waals surface area contributed by atoms with E-state index in [2.05, 4.69) is 39.1 Å². The molecule has 0 saturated carbocycles. The standard InChI is InChI=1S/C13H16IN3S/c14-13-9-10-11(3-1-4-12(10)18-13)15-6-8-17-7-2-5-16-17/h2,5,7,9,11,15H,1,3-4,6,8H2. The number of thiophene rings is 1. The maximum atomic E-state index is 4.22. The SMILES string of the molecule is Ic1cc2c(s1)CCCC2NCCn1cccn1. The van der Waals surface area contributed by atoms with Crippen molar-refractivity contribution in [1.29, 1.82) is 0 Å². The third-order valence-electron chi connectivity index (χ3n) is 3.37. The monoisotopic (exact) mass is 373 g/mol. The summed E-state index contributed by atoms with van der Waals surface area (Å²) in [5.41, 5.74) is 1.54. The highest BCUT2D eigenvalue weighted by atomic mass is 127. The normalized spacial score (nSPS) is 18.8. The van der Waals surface area contributed by atoms with E-state index in [4.69, 9.17) is 0 Å². The Morgan fingerprint density at radius 2 is 2.50 bits per heavy atom. The zero-order chi connectivity index (χ0) is 12.4. The van der Waals surface area contributed by atoms with E-state index in [0.29, 0.717) is 6.04 Å². The average Bonchev–Trinajstić information content (AvgIpc) is 2.97. The van der Waals surface area contributed by atoms with Crippen LogP contribution in [-0.4, -0.2) is 16.3 Å². The van der Waals surface area contributed by atoms with Gasteiger partial charge < -0.3 is 5.32 Å². The van der Waals surface area contributed by atoms with Crippen molar-refractivity contribution in [2.24, 2.45) is 0 Å². The van der Waals surface area contributed by atoms with Gasteiger partial charge in [-0.25, -0.2) is 0 Å². The fourth-order valence-corrected chi connectivity index (χ4v) is 4.64. The summed E-state index contributed by atoms with van der Waals surface area (Å²) in [6, 6.07) is 4.87. The predicted octanol–water partition coefficient (Wildman–Crippen LogP) is 3.22. The van der Waals surface area contributed by atoms with Crippen LogP contribution in [0.3, 0.4) is 0 Å². The molecule has 96 valence electrons. The second-order valence-electron chi connectivity index (χ2n) is 4.60. The van der Waals surface area contributed by atoms with E-state index in [0.717, 1.165) is 13.1 Å². The molecule has 0 radical (unpaired) electrons. The molecule has 3 nitrogen and oxygen atoms in total. The molecule has 5 heteroatoms. The first-order valence-electron chi connectivity index (χ1n) is 6.32. The van der Waals surface area contributed by atoms with Crippen molar-refractivity contribution in [1.82, 2.24) is 15.1 Å². The van der Waals surface area contributed by atoms with Crippen molar-refractivity contribution in [3.8, 4) is 0 Å². The second-order valence-corrected chi connectivity index (χ2v) is 7.63. The van der Waals surface area contributed by atoms with Gasteiger partial charge in [0.15, 0.2) is 0 Å². The van der Waals surface area contributed by atoms with E-state index in [1.165, 1.54) is 27.7 Å². The maximum absolute atomic E-state index is 4.22. The highest BCUT2D eigenvalue weighted by molar-refractivity contribution is 14.1. The van der Waals surface area contributed by atoms with Gasteiger partial charge in [0.25, 0.3) is 0 Å². The maximum Gasteiger partial charge on any atom is 0.0659 e. The van der Waals surface area contributed by atoms with Crippen LogP contribution in [0.5, 0.6) is 0 Å². The van der Waals surface area contributed by atoms with E-state index in [-0.39, 0.29) is 0 Å². The van der Waals surface area contributed by atoms with Gasteiger partial charge in [0.2, 0.25) is 0 Å². The topological polar surface area (TPSA) is 29.9 Å². The number of nitrogens with zero attached hydrogens (tertiary/aromatic N) is 2. The zero-order valence-electron chi connectivity index (χ0n) is 10.1. The lowest BCUT2D eigenvalue weighted by Gasteiger charge is -2.23. The molecule has 0 saturated heterocycles. The first-order valence-corrected chi connectivity index (χ1v) is 8.21. The van der Waals surface area contributed by atoms with Gasteiger partial charge in [0, 0.05) is 29.9 Å². The summed E-state index contributed by atoms with van der Waals surface area (Å²) in [5, 5.41) is 7.90. The molecule has 0 aliphatic heterocycles. The molecular weight excluding hydrogens is 357 g/mol. The largest absolute Gasteiger partial charge is 0.308 e. The Morgan fingerprint density at radius 1 is 1.56 bits per heavy atom. The van der Waals surface area contributed by atoms with Crippen molar-refractivity contribution in [3.05, 3.63) is 37.9 Å². The second kappa shape index (κ2) is 5.71. The van der Waals surface area contributed by atoms with Crippen LogP contribution in [0.4, 0.5) is 0 Å². The molecule has 1 aliphatic carbocycles. The van der Waals surface area contributed by atoms with Gasteiger partial charge in [-0.05, 0) is 59.5 Å². The number of rotatable bonds is 4. The van der Waals surface area contributed by atoms with Crippen molar-refractivity contribution in [3.63, 3.8) is 0 Å². The Morgan fingerprint density at radius 3 is 3.33 bits per heavy atom. The molecule has 0 spiro atoms. The summed E-state index contributed by atoms with van der Waals surface area (Å²) in [6.45, 7) is 1.93. The molecule has 0 aromatic carbocycles. The summed E-state index contributed by atoms with van der Waals surface area (Å²) >= 11 is 4.39. The average molecular weight is 373 g/mol. The Bertz CT molecular complexity index is 506. The summed E-state index contributed by atoms with van der Waals surface area (Å²) in [6.07, 6.45) is 7.68. The lowest BCUT2D eigenvalue weighted by Crippen LogP contribution is -2.27. The molecule has 1 N–H and O–H groups in total. The smallest absolute Gasteiger partial charge is 0.0659 e. The lowest BCUT2D eigenvalue weighted by molar-refractivity contribution is 0.440. The van der Waals surface area contributed by atoms with E-state index in [1.54, 1.807) is 4.88 Å². The molecule has 0 fully saturated rings. The molecule has 2 aromatic heterocycles. The summed E-state index contributed by atoms with van der Waals surface area (Å²) < 4.78 is 3.40. The van der Waals surface area contributed by atoms with Gasteiger partial charge in [-0.1, -0.05) is 0 Å². The third kappa shape index (κ3) is 2.78. The molecule has 1 unspecified atom stereocenters. The Hall–Kier alpha value is -0.400. The van der Waals surface area contributed by atoms with Crippen LogP contribution in [0.2, 0.25) is 0 Å². The van der Waals surface area contributed by atoms with Crippen molar-refractivity contribution < 1.29 is 0 Å². The van der Waals surface area contributed by atoms with Crippen molar-refractivity contribution in [2.75, 3.05) is 6.54 Å². The number of hydrogen-bond acceptors (Lipinski definition) is 3. The van der Waals surface area contributed by atoms with Gasteiger partial charge in [0.1, 0.15) is 0 Å². The summed E-state index contributed by atoms with van der Waals surface area (Å²) in [7, 11) is 0. The minimum atomic E-state index is 0.545. The Labute approximate surface area is 125 Å². The first kappa shape index (κ1) is 12.6.